The van der Waals surface area contributed by atoms with Crippen molar-refractivity contribution in [1.29, 1.82) is 0 Å². The molecular formula is C13H11BrN4O3S. The molecule has 0 aliphatic heterocycles. The van der Waals surface area contributed by atoms with Gasteiger partial charge in [-0.05, 0) is 43.4 Å². The summed E-state index contributed by atoms with van der Waals surface area (Å²) in [7, 11) is 0. The minimum Gasteiger partial charge on any atom is -0.361 e. The minimum atomic E-state index is -0.530. The van der Waals surface area contributed by atoms with Crippen molar-refractivity contribution in [2.24, 2.45) is 0 Å². The number of hydrogen-bond donors (Lipinski definition) is 3. The first-order valence-corrected chi connectivity index (χ1v) is 7.26. The molecule has 1 heterocycles. The summed E-state index contributed by atoms with van der Waals surface area (Å²) in [6, 6.07) is 8.22. The normalized spacial score (nSPS) is 9.91. The van der Waals surface area contributed by atoms with Crippen LogP contribution in [0.1, 0.15) is 26.6 Å². The Morgan fingerprint density at radius 3 is 2.45 bits per heavy atom. The molecule has 0 atom stereocenters. The number of halogens is 1. The summed E-state index contributed by atoms with van der Waals surface area (Å²) < 4.78 is 5.64. The van der Waals surface area contributed by atoms with Gasteiger partial charge < -0.3 is 4.52 Å². The van der Waals surface area contributed by atoms with Crippen molar-refractivity contribution < 1.29 is 14.1 Å². The van der Waals surface area contributed by atoms with Crippen LogP contribution in [0.4, 0.5) is 0 Å². The highest BCUT2D eigenvalue weighted by atomic mass is 79.9. The molecule has 3 N–H and O–H groups in total. The van der Waals surface area contributed by atoms with Gasteiger partial charge in [0.25, 0.3) is 11.8 Å². The second-order valence-corrected chi connectivity index (χ2v) is 5.52. The molecule has 114 valence electrons. The number of nitrogens with zero attached hydrogens (tertiary/aromatic N) is 1. The molecule has 0 radical (unpaired) electrons. The third-order valence-corrected chi connectivity index (χ3v) is 3.22. The first kappa shape index (κ1) is 16.1. The first-order valence-electron chi connectivity index (χ1n) is 6.06. The zero-order valence-corrected chi connectivity index (χ0v) is 13.7. The largest absolute Gasteiger partial charge is 0.361 e. The van der Waals surface area contributed by atoms with Gasteiger partial charge in [-0.3, -0.25) is 25.8 Å². The molecule has 0 unspecified atom stereocenters. The molecule has 0 saturated heterocycles. The number of rotatable bonds is 2. The highest BCUT2D eigenvalue weighted by Crippen LogP contribution is 2.10. The van der Waals surface area contributed by atoms with Crippen molar-refractivity contribution in [1.82, 2.24) is 21.3 Å². The van der Waals surface area contributed by atoms with E-state index in [9.17, 15) is 9.59 Å². The maximum Gasteiger partial charge on any atom is 0.291 e. The van der Waals surface area contributed by atoms with Gasteiger partial charge in [0.1, 0.15) is 5.76 Å². The molecule has 1 aromatic heterocycles. The molecule has 9 heteroatoms. The lowest BCUT2D eigenvalue weighted by atomic mass is 10.2. The number of benzene rings is 1. The molecule has 2 amide bonds. The molecule has 0 saturated carbocycles. The van der Waals surface area contributed by atoms with E-state index in [0.29, 0.717) is 11.3 Å². The lowest BCUT2D eigenvalue weighted by Crippen LogP contribution is -2.48. The highest BCUT2D eigenvalue weighted by Gasteiger charge is 2.12. The van der Waals surface area contributed by atoms with Crippen LogP contribution in [-0.2, 0) is 0 Å². The van der Waals surface area contributed by atoms with Crippen molar-refractivity contribution in [2.45, 2.75) is 6.92 Å². The Kier molecular flexibility index (Phi) is 5.23. The van der Waals surface area contributed by atoms with Gasteiger partial charge in [0.15, 0.2) is 10.8 Å². The lowest BCUT2D eigenvalue weighted by molar-refractivity contribution is 0.0927. The second-order valence-electron chi connectivity index (χ2n) is 4.19. The van der Waals surface area contributed by atoms with Crippen molar-refractivity contribution in [3.8, 4) is 0 Å². The number of aryl methyl sites for hydroxylation is 1. The average molecular weight is 383 g/mol. The SMILES string of the molecule is Cc1cc(C(=O)NNC(=S)NC(=O)c2ccc(Br)cc2)no1. The second kappa shape index (κ2) is 7.14. The number of thiocarbonyl (C=S) groups is 1. The van der Waals surface area contributed by atoms with Gasteiger partial charge in [-0.15, -0.1) is 0 Å². The van der Waals surface area contributed by atoms with Crippen LogP contribution >= 0.6 is 28.1 Å². The standard InChI is InChI=1S/C13H11BrN4O3S/c1-7-6-10(18-21-7)12(20)16-17-13(22)15-11(19)8-2-4-9(14)5-3-8/h2-6H,1H3,(H,16,20)(H2,15,17,19,22). The summed E-state index contributed by atoms with van der Waals surface area (Å²) >= 11 is 8.20. The molecule has 0 aliphatic carbocycles. The minimum absolute atomic E-state index is 0.0403. The van der Waals surface area contributed by atoms with E-state index < -0.39 is 11.8 Å². The van der Waals surface area contributed by atoms with Crippen LogP contribution in [0.5, 0.6) is 0 Å². The van der Waals surface area contributed by atoms with Crippen molar-refractivity contribution in [3.63, 3.8) is 0 Å². The van der Waals surface area contributed by atoms with E-state index in [0.717, 1.165) is 4.47 Å². The zero-order chi connectivity index (χ0) is 16.1. The lowest BCUT2D eigenvalue weighted by Gasteiger charge is -2.09. The predicted molar refractivity (Wildman–Crippen MR) is 86.0 cm³/mol. The monoisotopic (exact) mass is 382 g/mol. The number of amides is 2. The quantitative estimate of drug-likeness (QED) is 0.540. The van der Waals surface area contributed by atoms with Gasteiger partial charge in [0, 0.05) is 16.1 Å². The summed E-state index contributed by atoms with van der Waals surface area (Å²) in [4.78, 5) is 23.6. The molecule has 0 aliphatic rings. The molecule has 7 nitrogen and oxygen atoms in total. The number of carbonyl (C=O) groups excluding carboxylic acids is 2. The number of nitrogens with one attached hydrogen (secondary N) is 3. The molecule has 2 rings (SSSR count). The zero-order valence-electron chi connectivity index (χ0n) is 11.3. The molecule has 0 fully saturated rings. The Morgan fingerprint density at radius 1 is 1.18 bits per heavy atom. The summed E-state index contributed by atoms with van der Waals surface area (Å²) in [5.41, 5.74) is 5.25. The van der Waals surface area contributed by atoms with Crippen LogP contribution < -0.4 is 16.2 Å². The summed E-state index contributed by atoms with van der Waals surface area (Å²) in [5.74, 6) is -0.412. The Balaban J connectivity index is 1.84. The Bertz CT molecular complexity index is 714. The van der Waals surface area contributed by atoms with Crippen LogP contribution in [0.2, 0.25) is 0 Å². The van der Waals surface area contributed by atoms with Crippen LogP contribution in [0.15, 0.2) is 39.3 Å². The third kappa shape index (κ3) is 4.37. The van der Waals surface area contributed by atoms with Crippen LogP contribution in [0.25, 0.3) is 0 Å². The highest BCUT2D eigenvalue weighted by molar-refractivity contribution is 9.10. The summed E-state index contributed by atoms with van der Waals surface area (Å²) in [5, 5.41) is 5.94. The first-order chi connectivity index (χ1) is 10.5. The van der Waals surface area contributed by atoms with Crippen LogP contribution in [-0.4, -0.2) is 22.1 Å². The molecule has 2 aromatic rings. The topological polar surface area (TPSA) is 96.3 Å². The van der Waals surface area contributed by atoms with Gasteiger partial charge >= 0.3 is 0 Å². The van der Waals surface area contributed by atoms with Crippen molar-refractivity contribution in [2.75, 3.05) is 0 Å². The number of hydrazine groups is 1. The van der Waals surface area contributed by atoms with Crippen LogP contribution in [0.3, 0.4) is 0 Å². The van der Waals surface area contributed by atoms with E-state index in [1.807, 2.05) is 0 Å². The maximum atomic E-state index is 11.9. The Labute approximate surface area is 139 Å². The van der Waals surface area contributed by atoms with Gasteiger partial charge in [0.2, 0.25) is 0 Å². The van der Waals surface area contributed by atoms with Gasteiger partial charge in [-0.2, -0.15) is 0 Å². The van der Waals surface area contributed by atoms with E-state index in [2.05, 4.69) is 37.3 Å². The summed E-state index contributed by atoms with van der Waals surface area (Å²) in [6.45, 7) is 1.67. The average Bonchev–Trinajstić information content (AvgIpc) is 2.92. The molecular weight excluding hydrogens is 372 g/mol. The Hall–Kier alpha value is -2.26. The number of hydrogen-bond acceptors (Lipinski definition) is 5. The smallest absolute Gasteiger partial charge is 0.291 e. The fourth-order valence-corrected chi connectivity index (χ4v) is 1.87. The van der Waals surface area contributed by atoms with E-state index in [1.54, 1.807) is 31.2 Å². The van der Waals surface area contributed by atoms with Crippen LogP contribution in [0, 0.1) is 6.92 Å². The molecule has 0 spiro atoms. The van der Waals surface area contributed by atoms with Crippen molar-refractivity contribution in [3.05, 3.63) is 51.8 Å². The predicted octanol–water partition coefficient (Wildman–Crippen LogP) is 1.69. The number of carbonyl (C=O) groups is 2. The van der Waals surface area contributed by atoms with E-state index in [1.165, 1.54) is 6.07 Å². The van der Waals surface area contributed by atoms with E-state index >= 15 is 0 Å². The molecule has 22 heavy (non-hydrogen) atoms. The van der Waals surface area contributed by atoms with E-state index in [4.69, 9.17) is 16.7 Å². The Morgan fingerprint density at radius 2 is 1.86 bits per heavy atom. The molecule has 1 aromatic carbocycles. The van der Waals surface area contributed by atoms with Crippen molar-refractivity contribution >= 4 is 45.1 Å². The van der Waals surface area contributed by atoms with Gasteiger partial charge in [0.05, 0.1) is 0 Å². The van der Waals surface area contributed by atoms with E-state index in [-0.39, 0.29) is 10.8 Å². The molecule has 0 bridgehead atoms. The third-order valence-electron chi connectivity index (χ3n) is 2.48. The van der Waals surface area contributed by atoms with Gasteiger partial charge in [-0.1, -0.05) is 21.1 Å². The maximum absolute atomic E-state index is 11.9. The van der Waals surface area contributed by atoms with Gasteiger partial charge in [-0.25, -0.2) is 0 Å². The fraction of sp³-hybridized carbons (Fsp3) is 0.0769. The number of aromatic nitrogens is 1. The summed E-state index contributed by atoms with van der Waals surface area (Å²) in [6.07, 6.45) is 0. The fourth-order valence-electron chi connectivity index (χ4n) is 1.46.